The average molecular weight is 338 g/mol. The minimum atomic E-state index is -0.112. The second-order valence-corrected chi connectivity index (χ2v) is 7.13. The van der Waals surface area contributed by atoms with Crippen molar-refractivity contribution in [2.24, 2.45) is 5.92 Å². The van der Waals surface area contributed by atoms with E-state index in [1.54, 1.807) is 0 Å². The maximum absolute atomic E-state index is 5.54. The molecule has 0 aliphatic heterocycles. The van der Waals surface area contributed by atoms with Gasteiger partial charge in [-0.1, -0.05) is 19.0 Å². The van der Waals surface area contributed by atoms with Gasteiger partial charge in [0.25, 0.3) is 0 Å². The lowest BCUT2D eigenvalue weighted by molar-refractivity contribution is 0.332. The highest BCUT2D eigenvalue weighted by Gasteiger charge is 2.31. The lowest BCUT2D eigenvalue weighted by atomic mass is 10.0. The third kappa shape index (κ3) is 3.06. The highest BCUT2D eigenvalue weighted by atomic mass is 16.5. The molecule has 130 valence electrons. The summed E-state index contributed by atoms with van der Waals surface area (Å²) in [7, 11) is 0. The predicted molar refractivity (Wildman–Crippen MR) is 94.3 cm³/mol. The Morgan fingerprint density at radius 2 is 1.96 bits per heavy atom. The van der Waals surface area contributed by atoms with Gasteiger partial charge in [-0.05, 0) is 44.2 Å². The van der Waals surface area contributed by atoms with Crippen LogP contribution in [-0.2, 0) is 0 Å². The third-order valence-electron chi connectivity index (χ3n) is 4.55. The molecule has 0 bridgehead atoms. The van der Waals surface area contributed by atoms with Gasteiger partial charge in [0.15, 0.2) is 11.5 Å². The molecule has 1 aliphatic carbocycles. The fourth-order valence-electron chi connectivity index (χ4n) is 3.06. The van der Waals surface area contributed by atoms with E-state index in [9.17, 15) is 0 Å². The minimum absolute atomic E-state index is 0.112. The number of pyridine rings is 1. The van der Waals surface area contributed by atoms with Crippen molar-refractivity contribution in [3.05, 3.63) is 35.4 Å². The molecule has 7 heteroatoms. The molecular weight excluding hydrogens is 316 g/mol. The van der Waals surface area contributed by atoms with Crippen molar-refractivity contribution >= 4 is 16.9 Å². The first-order valence-electron chi connectivity index (χ1n) is 8.72. The summed E-state index contributed by atoms with van der Waals surface area (Å²) in [6.45, 7) is 8.26. The van der Waals surface area contributed by atoms with Crippen molar-refractivity contribution in [1.29, 1.82) is 0 Å². The molecule has 3 heterocycles. The SMILES string of the molecule is Cc1cc(C)c2c(NC(c3nc(C4CC4)no3)C(C)C)ncnc2n1. The molecule has 25 heavy (non-hydrogen) atoms. The normalized spacial score (nSPS) is 15.7. The first kappa shape index (κ1) is 15.9. The lowest BCUT2D eigenvalue weighted by Gasteiger charge is -2.20. The molecule has 1 aliphatic rings. The summed E-state index contributed by atoms with van der Waals surface area (Å²) < 4.78 is 5.54. The zero-order chi connectivity index (χ0) is 17.6. The van der Waals surface area contributed by atoms with Crippen molar-refractivity contribution in [1.82, 2.24) is 25.1 Å². The van der Waals surface area contributed by atoms with Gasteiger partial charge in [-0.3, -0.25) is 0 Å². The van der Waals surface area contributed by atoms with Gasteiger partial charge in [-0.15, -0.1) is 0 Å². The Labute approximate surface area is 146 Å². The van der Waals surface area contributed by atoms with E-state index in [4.69, 9.17) is 4.52 Å². The molecule has 0 saturated heterocycles. The van der Waals surface area contributed by atoms with Gasteiger partial charge in [0, 0.05) is 11.6 Å². The lowest BCUT2D eigenvalue weighted by Crippen LogP contribution is -2.18. The number of aromatic nitrogens is 5. The third-order valence-corrected chi connectivity index (χ3v) is 4.55. The maximum Gasteiger partial charge on any atom is 0.249 e. The molecule has 3 aromatic heterocycles. The van der Waals surface area contributed by atoms with E-state index >= 15 is 0 Å². The summed E-state index contributed by atoms with van der Waals surface area (Å²) >= 11 is 0. The van der Waals surface area contributed by atoms with Gasteiger partial charge in [0.2, 0.25) is 5.89 Å². The summed E-state index contributed by atoms with van der Waals surface area (Å²) in [5.74, 6) is 2.92. The summed E-state index contributed by atoms with van der Waals surface area (Å²) in [5.41, 5.74) is 2.74. The zero-order valence-corrected chi connectivity index (χ0v) is 14.9. The van der Waals surface area contributed by atoms with Crippen LogP contribution in [0.1, 0.15) is 61.6 Å². The number of fused-ring (bicyclic) bond motifs is 1. The Kier molecular flexibility index (Phi) is 3.86. The Bertz CT molecular complexity index is 915. The van der Waals surface area contributed by atoms with E-state index in [0.29, 0.717) is 17.5 Å². The van der Waals surface area contributed by atoms with E-state index in [1.165, 1.54) is 6.33 Å². The van der Waals surface area contributed by atoms with Crippen LogP contribution in [0.4, 0.5) is 5.82 Å². The number of hydrogen-bond donors (Lipinski definition) is 1. The van der Waals surface area contributed by atoms with Crippen LogP contribution in [-0.4, -0.2) is 25.1 Å². The molecule has 0 radical (unpaired) electrons. The number of nitrogens with zero attached hydrogens (tertiary/aromatic N) is 5. The van der Waals surface area contributed by atoms with Crippen LogP contribution in [0.3, 0.4) is 0 Å². The number of aryl methyl sites for hydroxylation is 2. The van der Waals surface area contributed by atoms with E-state index in [2.05, 4.69) is 44.3 Å². The number of rotatable bonds is 5. The molecule has 1 atom stereocenters. The van der Waals surface area contributed by atoms with E-state index in [1.807, 2.05) is 19.9 Å². The maximum atomic E-state index is 5.54. The topological polar surface area (TPSA) is 89.6 Å². The van der Waals surface area contributed by atoms with E-state index in [-0.39, 0.29) is 12.0 Å². The largest absolute Gasteiger partial charge is 0.357 e. The molecular formula is C18H22N6O. The van der Waals surface area contributed by atoms with Crippen molar-refractivity contribution < 1.29 is 4.52 Å². The van der Waals surface area contributed by atoms with Crippen molar-refractivity contribution in [3.8, 4) is 0 Å². The van der Waals surface area contributed by atoms with E-state index in [0.717, 1.165) is 41.1 Å². The molecule has 7 nitrogen and oxygen atoms in total. The summed E-state index contributed by atoms with van der Waals surface area (Å²) in [6.07, 6.45) is 3.84. The van der Waals surface area contributed by atoms with Gasteiger partial charge in [-0.25, -0.2) is 15.0 Å². The molecule has 0 amide bonds. The Balaban J connectivity index is 1.71. The van der Waals surface area contributed by atoms with Crippen LogP contribution in [0.5, 0.6) is 0 Å². The van der Waals surface area contributed by atoms with E-state index < -0.39 is 0 Å². The summed E-state index contributed by atoms with van der Waals surface area (Å²) in [4.78, 5) is 17.9. The minimum Gasteiger partial charge on any atom is -0.357 e. The average Bonchev–Trinajstić information content (AvgIpc) is 3.30. The number of nitrogens with one attached hydrogen (secondary N) is 1. The van der Waals surface area contributed by atoms with Crippen molar-refractivity contribution in [2.45, 2.75) is 52.5 Å². The summed E-state index contributed by atoms with van der Waals surface area (Å²) in [6, 6.07) is 1.93. The van der Waals surface area contributed by atoms with Crippen LogP contribution in [0.25, 0.3) is 11.0 Å². The molecule has 1 unspecified atom stereocenters. The van der Waals surface area contributed by atoms with Gasteiger partial charge in [-0.2, -0.15) is 4.98 Å². The molecule has 0 spiro atoms. The Morgan fingerprint density at radius 3 is 2.68 bits per heavy atom. The molecule has 3 aromatic rings. The Morgan fingerprint density at radius 1 is 1.16 bits per heavy atom. The fraction of sp³-hybridized carbons (Fsp3) is 0.500. The molecule has 1 saturated carbocycles. The van der Waals surface area contributed by atoms with Crippen molar-refractivity contribution in [3.63, 3.8) is 0 Å². The van der Waals surface area contributed by atoms with Crippen LogP contribution < -0.4 is 5.32 Å². The number of anilines is 1. The highest BCUT2D eigenvalue weighted by Crippen LogP contribution is 2.39. The smallest absolute Gasteiger partial charge is 0.249 e. The standard InChI is InChI=1S/C18H22N6O/c1-9(2)14(18-23-15(24-25-18)12-5-6-12)22-17-13-10(3)7-11(4)21-16(13)19-8-20-17/h7-9,12,14H,5-6H2,1-4H3,(H,19,20,21,22). The zero-order valence-electron chi connectivity index (χ0n) is 14.9. The quantitative estimate of drug-likeness (QED) is 0.758. The molecule has 1 fully saturated rings. The van der Waals surface area contributed by atoms with Gasteiger partial charge < -0.3 is 9.84 Å². The van der Waals surface area contributed by atoms with Crippen LogP contribution in [0.15, 0.2) is 16.9 Å². The predicted octanol–water partition coefficient (Wildman–Crippen LogP) is 3.71. The van der Waals surface area contributed by atoms with Crippen LogP contribution in [0.2, 0.25) is 0 Å². The second kappa shape index (κ2) is 6.06. The molecule has 4 rings (SSSR count). The van der Waals surface area contributed by atoms with Gasteiger partial charge in [0.05, 0.1) is 5.39 Å². The molecule has 0 aromatic carbocycles. The first-order valence-corrected chi connectivity index (χ1v) is 8.72. The molecule has 1 N–H and O–H groups in total. The fourth-order valence-corrected chi connectivity index (χ4v) is 3.06. The monoisotopic (exact) mass is 338 g/mol. The van der Waals surface area contributed by atoms with Gasteiger partial charge >= 0.3 is 0 Å². The van der Waals surface area contributed by atoms with Gasteiger partial charge in [0.1, 0.15) is 18.2 Å². The van der Waals surface area contributed by atoms with Crippen molar-refractivity contribution in [2.75, 3.05) is 5.32 Å². The Hall–Kier alpha value is -2.57. The summed E-state index contributed by atoms with van der Waals surface area (Å²) in [5, 5.41) is 8.56. The second-order valence-electron chi connectivity index (χ2n) is 7.13. The number of hydrogen-bond acceptors (Lipinski definition) is 7. The first-order chi connectivity index (χ1) is 12.0. The van der Waals surface area contributed by atoms with Crippen LogP contribution in [0, 0.1) is 19.8 Å². The van der Waals surface area contributed by atoms with Crippen LogP contribution >= 0.6 is 0 Å². The highest BCUT2D eigenvalue weighted by molar-refractivity contribution is 5.89.